The van der Waals surface area contributed by atoms with Crippen molar-refractivity contribution in [1.29, 1.82) is 5.26 Å². The second-order valence-corrected chi connectivity index (χ2v) is 8.36. The largest absolute Gasteiger partial charge is 0.489 e. The van der Waals surface area contributed by atoms with E-state index in [9.17, 15) is 8.42 Å². The summed E-state index contributed by atoms with van der Waals surface area (Å²) >= 11 is 0. The minimum Gasteiger partial charge on any atom is -0.489 e. The van der Waals surface area contributed by atoms with Gasteiger partial charge in [0.25, 0.3) is 10.0 Å². The number of anilines is 1. The first-order valence-corrected chi connectivity index (χ1v) is 10.8. The average Bonchev–Trinajstić information content (AvgIpc) is 3.33. The lowest BCUT2D eigenvalue weighted by atomic mass is 10.2. The molecule has 8 heteroatoms. The number of hydrogen-bond acceptors (Lipinski definition) is 5. The molecule has 0 saturated carbocycles. The van der Waals surface area contributed by atoms with Crippen LogP contribution in [0, 0.1) is 11.3 Å². The molecule has 4 rings (SSSR count). The molecule has 0 fully saturated rings. The third-order valence-corrected chi connectivity index (χ3v) is 6.24. The van der Waals surface area contributed by atoms with Gasteiger partial charge in [-0.05, 0) is 54.1 Å². The Morgan fingerprint density at radius 1 is 0.968 bits per heavy atom. The van der Waals surface area contributed by atoms with Gasteiger partial charge in [0.15, 0.2) is 0 Å². The van der Waals surface area contributed by atoms with E-state index in [1.807, 2.05) is 36.4 Å². The van der Waals surface area contributed by atoms with E-state index >= 15 is 0 Å². The maximum absolute atomic E-state index is 13.4. The Morgan fingerprint density at radius 2 is 1.68 bits per heavy atom. The molecule has 4 aromatic rings. The summed E-state index contributed by atoms with van der Waals surface area (Å²) in [5, 5.41) is 9.02. The Morgan fingerprint density at radius 3 is 2.29 bits per heavy atom. The van der Waals surface area contributed by atoms with Crippen LogP contribution in [0.2, 0.25) is 0 Å². The monoisotopic (exact) mass is 430 g/mol. The summed E-state index contributed by atoms with van der Waals surface area (Å²) < 4.78 is 35.1. The summed E-state index contributed by atoms with van der Waals surface area (Å²) in [6.45, 7) is 0.388. The molecule has 0 aliphatic carbocycles. The zero-order valence-electron chi connectivity index (χ0n) is 16.4. The van der Waals surface area contributed by atoms with E-state index in [0.717, 1.165) is 9.98 Å². The highest BCUT2D eigenvalue weighted by molar-refractivity contribution is 7.92. The van der Waals surface area contributed by atoms with Crippen molar-refractivity contribution in [1.82, 2.24) is 9.66 Å². The lowest BCUT2D eigenvalue weighted by molar-refractivity contribution is 0.306. The number of rotatable bonds is 7. The molecular formula is C23H18N4O3S. The molecule has 0 amide bonds. The van der Waals surface area contributed by atoms with E-state index in [0.29, 0.717) is 23.6 Å². The van der Waals surface area contributed by atoms with Gasteiger partial charge in [-0.1, -0.05) is 30.3 Å². The molecule has 3 aromatic carbocycles. The van der Waals surface area contributed by atoms with Crippen LogP contribution < -0.4 is 9.15 Å². The molecule has 0 radical (unpaired) electrons. The van der Waals surface area contributed by atoms with Gasteiger partial charge < -0.3 is 4.74 Å². The van der Waals surface area contributed by atoms with E-state index in [4.69, 9.17) is 10.00 Å². The first kappa shape index (κ1) is 20.2. The van der Waals surface area contributed by atoms with Crippen LogP contribution in [-0.4, -0.2) is 18.1 Å². The molecule has 0 N–H and O–H groups in total. The van der Waals surface area contributed by atoms with Crippen molar-refractivity contribution in [2.24, 2.45) is 0 Å². The average molecular weight is 430 g/mol. The Kier molecular flexibility index (Phi) is 5.69. The van der Waals surface area contributed by atoms with Crippen LogP contribution in [0.3, 0.4) is 0 Å². The lowest BCUT2D eigenvalue weighted by Crippen LogP contribution is -2.35. The third kappa shape index (κ3) is 4.42. The molecule has 0 unspecified atom stereocenters. The summed E-state index contributed by atoms with van der Waals surface area (Å²) in [5.41, 5.74) is 1.83. The topological polar surface area (TPSA) is 88.2 Å². The molecule has 31 heavy (non-hydrogen) atoms. The normalized spacial score (nSPS) is 10.9. The number of imidazole rings is 1. The van der Waals surface area contributed by atoms with Crippen molar-refractivity contribution in [3.05, 3.63) is 109 Å². The second kappa shape index (κ2) is 8.73. The molecule has 0 aliphatic rings. The zero-order chi connectivity index (χ0) is 21.7. The number of benzene rings is 3. The van der Waals surface area contributed by atoms with Crippen LogP contribution in [0.5, 0.6) is 5.75 Å². The van der Waals surface area contributed by atoms with Gasteiger partial charge in [0, 0.05) is 12.4 Å². The van der Waals surface area contributed by atoms with E-state index in [1.54, 1.807) is 36.4 Å². The predicted octanol–water partition coefficient (Wildman–Crippen LogP) is 3.99. The van der Waals surface area contributed by atoms with Crippen LogP contribution in [0.15, 0.2) is 102 Å². The maximum Gasteiger partial charge on any atom is 0.282 e. The smallest absolute Gasteiger partial charge is 0.282 e. The molecule has 0 atom stereocenters. The fourth-order valence-electron chi connectivity index (χ4n) is 2.97. The number of sulfonamides is 1. The van der Waals surface area contributed by atoms with Crippen LogP contribution >= 0.6 is 0 Å². The van der Waals surface area contributed by atoms with Crippen molar-refractivity contribution < 1.29 is 13.2 Å². The molecule has 0 aliphatic heterocycles. The number of hydrogen-bond donors (Lipinski definition) is 0. The van der Waals surface area contributed by atoms with Gasteiger partial charge in [-0.25, -0.2) is 9.66 Å². The molecule has 0 saturated heterocycles. The van der Waals surface area contributed by atoms with Crippen LogP contribution in [0.25, 0.3) is 0 Å². The van der Waals surface area contributed by atoms with Crippen molar-refractivity contribution in [2.75, 3.05) is 4.41 Å². The first-order chi connectivity index (χ1) is 15.1. The first-order valence-electron chi connectivity index (χ1n) is 9.38. The maximum atomic E-state index is 13.4. The summed E-state index contributed by atoms with van der Waals surface area (Å²) in [4.78, 5) is 4.06. The Balaban J connectivity index is 1.61. The SMILES string of the molecule is N#Cc1ccc(N(n2ccnc2)S(=O)(=O)c2ccc(OCc3ccccc3)cc2)cc1. The van der Waals surface area contributed by atoms with Gasteiger partial charge in [0.05, 0.1) is 22.2 Å². The minimum absolute atomic E-state index is 0.0950. The van der Waals surface area contributed by atoms with E-state index in [1.165, 1.54) is 35.5 Å². The molecule has 0 spiro atoms. The van der Waals surface area contributed by atoms with Crippen molar-refractivity contribution in [3.63, 3.8) is 0 Å². The molecular weight excluding hydrogens is 412 g/mol. The molecule has 7 nitrogen and oxygen atoms in total. The summed E-state index contributed by atoms with van der Waals surface area (Å²) in [7, 11) is -3.96. The van der Waals surface area contributed by atoms with Gasteiger partial charge in [0.1, 0.15) is 18.7 Å². The Labute approximate surface area is 180 Å². The highest BCUT2D eigenvalue weighted by Crippen LogP contribution is 2.26. The van der Waals surface area contributed by atoms with Gasteiger partial charge in [-0.3, -0.25) is 0 Å². The molecule has 0 bridgehead atoms. The quantitative estimate of drug-likeness (QED) is 0.442. The summed E-state index contributed by atoms with van der Waals surface area (Å²) in [6, 6.07) is 24.3. The van der Waals surface area contributed by atoms with Crippen LogP contribution in [-0.2, 0) is 16.6 Å². The lowest BCUT2D eigenvalue weighted by Gasteiger charge is -2.25. The molecule has 1 aromatic heterocycles. The van der Waals surface area contributed by atoms with Gasteiger partial charge in [-0.15, -0.1) is 0 Å². The number of ether oxygens (including phenoxy) is 1. The Bertz CT molecular complexity index is 1280. The predicted molar refractivity (Wildman–Crippen MR) is 116 cm³/mol. The van der Waals surface area contributed by atoms with Gasteiger partial charge in [-0.2, -0.15) is 18.1 Å². The molecule has 1 heterocycles. The fraction of sp³-hybridized carbons (Fsp3) is 0.0435. The minimum atomic E-state index is -3.96. The second-order valence-electron chi connectivity index (χ2n) is 6.60. The number of nitriles is 1. The van der Waals surface area contributed by atoms with E-state index < -0.39 is 10.0 Å². The highest BCUT2D eigenvalue weighted by atomic mass is 32.2. The highest BCUT2D eigenvalue weighted by Gasteiger charge is 2.26. The van der Waals surface area contributed by atoms with Crippen molar-refractivity contribution in [3.8, 4) is 11.8 Å². The van der Waals surface area contributed by atoms with E-state index in [2.05, 4.69) is 4.98 Å². The summed E-state index contributed by atoms with van der Waals surface area (Å²) in [5.74, 6) is 0.565. The van der Waals surface area contributed by atoms with Gasteiger partial charge in [0.2, 0.25) is 0 Å². The standard InChI is InChI=1S/C23H18N4O3S/c24-16-19-6-8-21(9-7-19)27(26-15-14-25-18-26)31(28,29)23-12-10-22(11-13-23)30-17-20-4-2-1-3-5-20/h1-15,18H,17H2. The van der Waals surface area contributed by atoms with Crippen molar-refractivity contribution >= 4 is 15.7 Å². The zero-order valence-corrected chi connectivity index (χ0v) is 17.2. The fourth-order valence-corrected chi connectivity index (χ4v) is 4.39. The number of aromatic nitrogens is 2. The third-order valence-electron chi connectivity index (χ3n) is 4.52. The summed E-state index contributed by atoms with van der Waals surface area (Å²) in [6.07, 6.45) is 4.42. The Hall–Kier alpha value is -4.09. The van der Waals surface area contributed by atoms with Crippen LogP contribution in [0.1, 0.15) is 11.1 Å². The number of nitrogens with zero attached hydrogens (tertiary/aromatic N) is 4. The molecule has 154 valence electrons. The van der Waals surface area contributed by atoms with Crippen LogP contribution in [0.4, 0.5) is 5.69 Å². The van der Waals surface area contributed by atoms with Gasteiger partial charge >= 0.3 is 0 Å². The van der Waals surface area contributed by atoms with Crippen molar-refractivity contribution in [2.45, 2.75) is 11.5 Å². The van der Waals surface area contributed by atoms with E-state index in [-0.39, 0.29) is 4.90 Å².